The number of aromatic nitrogens is 3. The molecule has 3 aromatic carbocycles. The number of amides is 2. The number of hydrogen-bond acceptors (Lipinski definition) is 13. The van der Waals surface area contributed by atoms with E-state index in [4.69, 9.17) is 14.2 Å². The molecule has 2 amide bonds. The summed E-state index contributed by atoms with van der Waals surface area (Å²) in [6.07, 6.45) is -1.01. The second-order valence-corrected chi connectivity index (χ2v) is 22.0. The van der Waals surface area contributed by atoms with Crippen LogP contribution in [-0.4, -0.2) is 62.5 Å². The number of nitriles is 1. The quantitative estimate of drug-likeness (QED) is 0.108. The van der Waals surface area contributed by atoms with Gasteiger partial charge in [0.2, 0.25) is 12.1 Å². The number of para-hydroxylation sites is 1. The third-order valence-electron chi connectivity index (χ3n) is 8.23. The first-order chi connectivity index (χ1) is 26.3. The van der Waals surface area contributed by atoms with Gasteiger partial charge in [0, 0.05) is 5.56 Å². The van der Waals surface area contributed by atoms with Crippen molar-refractivity contribution in [1.82, 2.24) is 19.7 Å². The number of urea groups is 1. The molecule has 296 valence electrons. The smallest absolute Gasteiger partial charge is 0.339 e. The van der Waals surface area contributed by atoms with Crippen LogP contribution in [0, 0.1) is 35.5 Å². The van der Waals surface area contributed by atoms with Crippen molar-refractivity contribution in [2.75, 3.05) is 19.5 Å². The standard InChI is InChI=1S/C22H19Br4NO3.C14H15N5O6S/c1-21(2)17(19(23)22(24,25)26)18(21)20(28)30-16(12-27)13-7-6-10-15(11-13)29-14-8-4-3-5-9-14;1-8-15-12(18-14(16-8)25-3)17-13(21)19-26(22,23)10-7-5-4-6-9(10)11(20)24-2/h3-11,16-19H,1-2H3;4-7H,1-3H3,(H2,15,16,17,18,19,21)/t16?,17-,18+,19?;/m1./s1. The maximum atomic E-state index is 12.9. The van der Waals surface area contributed by atoms with E-state index < -0.39 is 35.2 Å². The minimum atomic E-state index is -4.36. The van der Waals surface area contributed by atoms with E-state index in [-0.39, 0.29) is 51.4 Å². The van der Waals surface area contributed by atoms with Crippen molar-refractivity contribution in [2.45, 2.75) is 38.7 Å². The third kappa shape index (κ3) is 11.5. The van der Waals surface area contributed by atoms with Crippen LogP contribution < -0.4 is 19.5 Å². The Morgan fingerprint density at radius 3 is 2.20 bits per heavy atom. The average Bonchev–Trinajstić information content (AvgIpc) is 3.73. The molecular formula is C36H34Br4N6O9S. The molecule has 0 radical (unpaired) electrons. The number of esters is 2. The summed E-state index contributed by atoms with van der Waals surface area (Å²) in [5.74, 6) is -0.230. The van der Waals surface area contributed by atoms with Crippen molar-refractivity contribution >= 4 is 97.7 Å². The molecule has 4 aromatic rings. The van der Waals surface area contributed by atoms with Crippen molar-refractivity contribution in [3.8, 4) is 23.6 Å². The van der Waals surface area contributed by atoms with Crippen molar-refractivity contribution in [3.63, 3.8) is 0 Å². The zero-order chi connectivity index (χ0) is 41.4. The van der Waals surface area contributed by atoms with Gasteiger partial charge in [0.05, 0.1) is 30.5 Å². The Morgan fingerprint density at radius 2 is 1.57 bits per heavy atom. The van der Waals surface area contributed by atoms with Crippen LogP contribution >= 0.6 is 63.7 Å². The van der Waals surface area contributed by atoms with Crippen LogP contribution in [0.4, 0.5) is 10.7 Å². The highest BCUT2D eigenvalue weighted by molar-refractivity contribution is 9.40. The van der Waals surface area contributed by atoms with Gasteiger partial charge in [-0.3, -0.25) is 10.1 Å². The highest BCUT2D eigenvalue weighted by Crippen LogP contribution is 2.66. The maximum absolute atomic E-state index is 12.9. The van der Waals surface area contributed by atoms with Crippen LogP contribution in [0.25, 0.3) is 0 Å². The minimum Gasteiger partial charge on any atom is -0.467 e. The van der Waals surface area contributed by atoms with E-state index in [0.29, 0.717) is 17.1 Å². The van der Waals surface area contributed by atoms with E-state index >= 15 is 0 Å². The lowest BCUT2D eigenvalue weighted by Gasteiger charge is -2.21. The molecule has 2 unspecified atom stereocenters. The SMILES string of the molecule is CC1(C)[C@H](C(=O)OC(C#N)c2cccc(Oc3ccccc3)c2)[C@@H]1C(Br)C(Br)(Br)Br.COC(=O)c1ccccc1S(=O)(=O)NC(=O)Nc1nc(C)nc(OC)n1. The summed E-state index contributed by atoms with van der Waals surface area (Å²) in [6.45, 7) is 5.58. The number of benzene rings is 3. The molecule has 56 heavy (non-hydrogen) atoms. The second-order valence-electron chi connectivity index (χ2n) is 12.4. The van der Waals surface area contributed by atoms with Gasteiger partial charge in [-0.1, -0.05) is 120 Å². The van der Waals surface area contributed by atoms with Gasteiger partial charge in [0.15, 0.2) is 0 Å². The van der Waals surface area contributed by atoms with Crippen LogP contribution in [0.3, 0.4) is 0 Å². The number of carbonyl (C=O) groups is 3. The van der Waals surface area contributed by atoms with Crippen LogP contribution in [0.2, 0.25) is 0 Å². The summed E-state index contributed by atoms with van der Waals surface area (Å²) >= 11 is 14.2. The average molecular weight is 1050 g/mol. The number of halogens is 4. The van der Waals surface area contributed by atoms with Crippen LogP contribution in [0.5, 0.6) is 17.5 Å². The molecule has 2 N–H and O–H groups in total. The normalized spacial score (nSPS) is 16.6. The first kappa shape index (κ1) is 44.6. The minimum absolute atomic E-state index is 0.0233. The molecule has 1 saturated carbocycles. The fourth-order valence-corrected chi connectivity index (χ4v) is 8.43. The fraction of sp³-hybridized carbons (Fsp3) is 0.306. The van der Waals surface area contributed by atoms with Gasteiger partial charge in [0.1, 0.15) is 30.4 Å². The van der Waals surface area contributed by atoms with Crippen LogP contribution in [0.15, 0.2) is 83.8 Å². The molecule has 20 heteroatoms. The molecule has 0 spiro atoms. The monoisotopic (exact) mass is 1040 g/mol. The summed E-state index contributed by atoms with van der Waals surface area (Å²) in [5, 5.41) is 11.8. The fourth-order valence-electron chi connectivity index (χ4n) is 5.49. The van der Waals surface area contributed by atoms with Gasteiger partial charge in [-0.2, -0.15) is 20.2 Å². The number of ether oxygens (including phenoxy) is 4. The van der Waals surface area contributed by atoms with E-state index in [9.17, 15) is 28.1 Å². The molecule has 1 fully saturated rings. The van der Waals surface area contributed by atoms with Gasteiger partial charge in [-0.15, -0.1) is 0 Å². The summed E-state index contributed by atoms with van der Waals surface area (Å²) in [4.78, 5) is 47.6. The first-order valence-corrected chi connectivity index (χ1v) is 21.0. The number of alkyl halides is 4. The molecular weight excluding hydrogens is 1010 g/mol. The number of nitrogens with one attached hydrogen (secondary N) is 2. The molecule has 4 atom stereocenters. The van der Waals surface area contributed by atoms with Gasteiger partial charge < -0.3 is 18.9 Å². The Hall–Kier alpha value is -4.16. The van der Waals surface area contributed by atoms with E-state index in [1.54, 1.807) is 29.0 Å². The zero-order valence-electron chi connectivity index (χ0n) is 30.2. The Bertz CT molecular complexity index is 2220. The number of anilines is 1. The van der Waals surface area contributed by atoms with Gasteiger partial charge in [0.25, 0.3) is 10.0 Å². The van der Waals surface area contributed by atoms with Crippen LogP contribution in [0.1, 0.15) is 41.7 Å². The number of carbonyl (C=O) groups excluding carboxylic acids is 3. The number of sulfonamides is 1. The summed E-state index contributed by atoms with van der Waals surface area (Å²) in [6, 6.07) is 22.6. The summed E-state index contributed by atoms with van der Waals surface area (Å²) in [5.41, 5.74) is 0.0952. The van der Waals surface area contributed by atoms with E-state index in [1.807, 2.05) is 44.2 Å². The lowest BCUT2D eigenvalue weighted by molar-refractivity contribution is -0.149. The highest BCUT2D eigenvalue weighted by atomic mass is 80.0. The Morgan fingerprint density at radius 1 is 0.929 bits per heavy atom. The van der Waals surface area contributed by atoms with Crippen molar-refractivity contribution in [1.29, 1.82) is 5.26 Å². The summed E-state index contributed by atoms with van der Waals surface area (Å²) < 4.78 is 46.9. The molecule has 5 rings (SSSR count). The lowest BCUT2D eigenvalue weighted by atomic mass is 10.1. The molecule has 1 heterocycles. The van der Waals surface area contributed by atoms with E-state index in [1.165, 1.54) is 32.2 Å². The Labute approximate surface area is 356 Å². The number of aryl methyl sites for hydroxylation is 1. The predicted octanol–water partition coefficient (Wildman–Crippen LogP) is 7.95. The molecule has 0 bridgehead atoms. The number of hydrogen-bond donors (Lipinski definition) is 2. The Balaban J connectivity index is 0.000000251. The number of methoxy groups -OCH3 is 2. The first-order valence-electron chi connectivity index (χ1n) is 16.2. The molecule has 1 aliphatic rings. The molecule has 15 nitrogen and oxygen atoms in total. The predicted molar refractivity (Wildman–Crippen MR) is 219 cm³/mol. The van der Waals surface area contributed by atoms with E-state index in [0.717, 1.165) is 13.2 Å². The van der Waals surface area contributed by atoms with Gasteiger partial charge in [-0.05, 0) is 54.7 Å². The van der Waals surface area contributed by atoms with E-state index in [2.05, 4.69) is 94.8 Å². The molecule has 0 saturated heterocycles. The third-order valence-corrected chi connectivity index (χ3v) is 14.2. The topological polar surface area (TPSA) is 209 Å². The van der Waals surface area contributed by atoms with Gasteiger partial charge >= 0.3 is 24.0 Å². The second kappa shape index (κ2) is 18.9. The number of nitrogens with zero attached hydrogens (tertiary/aromatic N) is 4. The molecule has 0 aliphatic heterocycles. The lowest BCUT2D eigenvalue weighted by Crippen LogP contribution is -2.35. The number of rotatable bonds is 11. The van der Waals surface area contributed by atoms with Crippen molar-refractivity contribution in [2.24, 2.45) is 17.3 Å². The largest absolute Gasteiger partial charge is 0.467 e. The van der Waals surface area contributed by atoms with Crippen molar-refractivity contribution < 1.29 is 41.7 Å². The molecule has 1 aliphatic carbocycles. The molecule has 1 aromatic heterocycles. The highest BCUT2D eigenvalue weighted by Gasteiger charge is 2.67. The van der Waals surface area contributed by atoms with Crippen molar-refractivity contribution in [3.05, 3.63) is 95.8 Å². The zero-order valence-corrected chi connectivity index (χ0v) is 37.4. The Kier molecular flexibility index (Phi) is 15.0. The van der Waals surface area contributed by atoms with Gasteiger partial charge in [-0.25, -0.2) is 22.7 Å². The summed E-state index contributed by atoms with van der Waals surface area (Å²) in [7, 11) is -1.92. The maximum Gasteiger partial charge on any atom is 0.339 e. The van der Waals surface area contributed by atoms with Crippen LogP contribution in [-0.2, 0) is 24.3 Å².